The summed E-state index contributed by atoms with van der Waals surface area (Å²) in [4.78, 5) is 12.2. The Kier molecular flexibility index (Phi) is 2.66. The van der Waals surface area contributed by atoms with Crippen molar-refractivity contribution >= 4 is 5.97 Å². The van der Waals surface area contributed by atoms with Crippen LogP contribution in [0.1, 0.15) is 35.1 Å². The smallest absolute Gasteiger partial charge is 0.309 e. The van der Waals surface area contributed by atoms with Gasteiger partial charge in [-0.15, -0.1) is 0 Å². The number of ether oxygens (including phenoxy) is 1. The third-order valence-corrected chi connectivity index (χ3v) is 4.78. The summed E-state index contributed by atoms with van der Waals surface area (Å²) in [5.74, 6) is -0.554. The first-order valence-corrected chi connectivity index (χ1v) is 7.20. The lowest BCUT2D eigenvalue weighted by molar-refractivity contribution is -0.147. The van der Waals surface area contributed by atoms with Crippen molar-refractivity contribution in [2.75, 3.05) is 7.11 Å². The second-order valence-electron chi connectivity index (χ2n) is 5.75. The zero-order chi connectivity index (χ0) is 14.6. The van der Waals surface area contributed by atoms with E-state index in [0.717, 1.165) is 16.7 Å². The van der Waals surface area contributed by atoms with E-state index in [4.69, 9.17) is 4.74 Å². The Hall–Kier alpha value is -2.13. The van der Waals surface area contributed by atoms with Gasteiger partial charge in [-0.1, -0.05) is 42.5 Å². The molecule has 0 bridgehead atoms. The van der Waals surface area contributed by atoms with Crippen LogP contribution in [-0.2, 0) is 9.53 Å². The van der Waals surface area contributed by atoms with Crippen molar-refractivity contribution in [3.63, 3.8) is 0 Å². The quantitative estimate of drug-likeness (QED) is 0.817. The molecule has 0 saturated carbocycles. The summed E-state index contributed by atoms with van der Waals surface area (Å²) in [5.41, 5.74) is 5.53. The molecule has 2 aromatic rings. The number of benzene rings is 2. The number of rotatable bonds is 1. The van der Waals surface area contributed by atoms with Crippen LogP contribution in [0.2, 0.25) is 0 Å². The summed E-state index contributed by atoms with van der Waals surface area (Å²) in [6.07, 6.45) is -0.183. The standard InChI is InChI=1S/C18H16O3/c1-21-18(20)14-9-15(19)13-8-4-7-12-10-5-2-3-6-11(10)17(14)16(12)13/h2-8,14-15,17,19H,9H2,1H3/t14-,15+,17-/m1/s1. The van der Waals surface area contributed by atoms with Gasteiger partial charge in [0.25, 0.3) is 0 Å². The topological polar surface area (TPSA) is 46.5 Å². The van der Waals surface area contributed by atoms with Gasteiger partial charge in [0.05, 0.1) is 19.1 Å². The molecular weight excluding hydrogens is 264 g/mol. The third kappa shape index (κ3) is 1.61. The van der Waals surface area contributed by atoms with Gasteiger partial charge in [-0.2, -0.15) is 0 Å². The van der Waals surface area contributed by atoms with E-state index in [0.29, 0.717) is 6.42 Å². The fraction of sp³-hybridized carbons (Fsp3) is 0.278. The van der Waals surface area contributed by atoms with Crippen LogP contribution < -0.4 is 0 Å². The maximum absolute atomic E-state index is 12.2. The van der Waals surface area contributed by atoms with Crippen LogP contribution in [0.15, 0.2) is 42.5 Å². The number of carbonyl (C=O) groups is 1. The molecule has 3 nitrogen and oxygen atoms in total. The van der Waals surface area contributed by atoms with Gasteiger partial charge in [-0.3, -0.25) is 4.79 Å². The summed E-state index contributed by atoms with van der Waals surface area (Å²) >= 11 is 0. The highest BCUT2D eigenvalue weighted by molar-refractivity contribution is 5.85. The Morgan fingerprint density at radius 3 is 2.62 bits per heavy atom. The van der Waals surface area contributed by atoms with E-state index in [1.807, 2.05) is 24.3 Å². The summed E-state index contributed by atoms with van der Waals surface area (Å²) < 4.78 is 4.97. The zero-order valence-electron chi connectivity index (χ0n) is 11.7. The molecule has 0 fully saturated rings. The molecule has 0 aromatic heterocycles. The summed E-state index contributed by atoms with van der Waals surface area (Å²) in [5, 5.41) is 10.4. The Balaban J connectivity index is 2.00. The molecule has 4 rings (SSSR count). The third-order valence-electron chi connectivity index (χ3n) is 4.78. The van der Waals surface area contributed by atoms with E-state index in [9.17, 15) is 9.90 Å². The van der Waals surface area contributed by atoms with Gasteiger partial charge in [0, 0.05) is 5.92 Å². The van der Waals surface area contributed by atoms with Crippen molar-refractivity contribution in [1.82, 2.24) is 0 Å². The van der Waals surface area contributed by atoms with Crippen molar-refractivity contribution in [1.29, 1.82) is 0 Å². The molecule has 21 heavy (non-hydrogen) atoms. The molecule has 0 unspecified atom stereocenters. The molecule has 2 aliphatic rings. The van der Waals surface area contributed by atoms with Gasteiger partial charge in [-0.05, 0) is 34.2 Å². The molecule has 0 amide bonds. The summed E-state index contributed by atoms with van der Waals surface area (Å²) in [6.45, 7) is 0. The van der Waals surface area contributed by atoms with Crippen LogP contribution in [0.3, 0.4) is 0 Å². The second-order valence-corrected chi connectivity index (χ2v) is 5.75. The van der Waals surface area contributed by atoms with E-state index in [1.165, 1.54) is 18.2 Å². The van der Waals surface area contributed by atoms with Gasteiger partial charge in [0.2, 0.25) is 0 Å². The lowest BCUT2D eigenvalue weighted by Gasteiger charge is -2.32. The molecule has 106 valence electrons. The molecular formula is C18H16O3. The second kappa shape index (κ2) is 4.43. The van der Waals surface area contributed by atoms with Crippen molar-refractivity contribution in [3.05, 3.63) is 59.2 Å². The average molecular weight is 280 g/mol. The molecule has 2 aliphatic carbocycles. The molecule has 3 heteroatoms. The van der Waals surface area contributed by atoms with Crippen LogP contribution >= 0.6 is 0 Å². The molecule has 2 aromatic carbocycles. The van der Waals surface area contributed by atoms with Crippen LogP contribution in [0, 0.1) is 5.92 Å². The first kappa shape index (κ1) is 12.6. The Labute approximate surface area is 123 Å². The average Bonchev–Trinajstić information content (AvgIpc) is 2.86. The zero-order valence-corrected chi connectivity index (χ0v) is 11.7. The molecule has 0 spiro atoms. The summed E-state index contributed by atoms with van der Waals surface area (Å²) in [6, 6.07) is 14.2. The van der Waals surface area contributed by atoms with Gasteiger partial charge in [0.15, 0.2) is 0 Å². The highest BCUT2D eigenvalue weighted by Gasteiger charge is 2.45. The van der Waals surface area contributed by atoms with Gasteiger partial charge < -0.3 is 9.84 Å². The van der Waals surface area contributed by atoms with Crippen LogP contribution in [-0.4, -0.2) is 18.2 Å². The molecule has 1 N–H and O–H groups in total. The van der Waals surface area contributed by atoms with E-state index < -0.39 is 6.10 Å². The number of aliphatic hydroxyl groups excluding tert-OH is 1. The fourth-order valence-electron chi connectivity index (χ4n) is 3.93. The maximum Gasteiger partial charge on any atom is 0.309 e. The monoisotopic (exact) mass is 280 g/mol. The van der Waals surface area contributed by atoms with E-state index in [1.54, 1.807) is 0 Å². The number of methoxy groups -OCH3 is 1. The highest BCUT2D eigenvalue weighted by Crippen LogP contribution is 2.55. The van der Waals surface area contributed by atoms with E-state index in [-0.39, 0.29) is 17.8 Å². The molecule has 0 aliphatic heterocycles. The normalized spacial score (nSPS) is 25.1. The molecule has 3 atom stereocenters. The number of hydrogen-bond acceptors (Lipinski definition) is 3. The van der Waals surface area contributed by atoms with E-state index >= 15 is 0 Å². The van der Waals surface area contributed by atoms with Crippen molar-refractivity contribution in [2.24, 2.45) is 5.92 Å². The molecule has 0 saturated heterocycles. The van der Waals surface area contributed by atoms with Crippen LogP contribution in [0.25, 0.3) is 11.1 Å². The molecule has 0 heterocycles. The minimum atomic E-state index is -0.602. The molecule has 0 radical (unpaired) electrons. The van der Waals surface area contributed by atoms with E-state index in [2.05, 4.69) is 18.2 Å². The predicted molar refractivity (Wildman–Crippen MR) is 78.8 cm³/mol. The first-order chi connectivity index (χ1) is 10.2. The lowest BCUT2D eigenvalue weighted by Crippen LogP contribution is -2.30. The number of carbonyl (C=O) groups excluding carboxylic acids is 1. The van der Waals surface area contributed by atoms with Crippen LogP contribution in [0.5, 0.6) is 0 Å². The van der Waals surface area contributed by atoms with Crippen molar-refractivity contribution in [2.45, 2.75) is 18.4 Å². The van der Waals surface area contributed by atoms with Gasteiger partial charge in [-0.25, -0.2) is 0 Å². The number of esters is 1. The Morgan fingerprint density at radius 1 is 1.10 bits per heavy atom. The Bertz CT molecular complexity index is 735. The number of hydrogen-bond donors (Lipinski definition) is 1. The minimum Gasteiger partial charge on any atom is -0.469 e. The van der Waals surface area contributed by atoms with Crippen molar-refractivity contribution in [3.8, 4) is 11.1 Å². The number of fused-ring (bicyclic) bond motifs is 3. The first-order valence-electron chi connectivity index (χ1n) is 7.20. The lowest BCUT2D eigenvalue weighted by atomic mass is 9.73. The van der Waals surface area contributed by atoms with Crippen LogP contribution in [0.4, 0.5) is 0 Å². The fourth-order valence-corrected chi connectivity index (χ4v) is 3.93. The Morgan fingerprint density at radius 2 is 1.81 bits per heavy atom. The largest absolute Gasteiger partial charge is 0.469 e. The van der Waals surface area contributed by atoms with Gasteiger partial charge in [0.1, 0.15) is 0 Å². The minimum absolute atomic E-state index is 0.00301. The summed E-state index contributed by atoms with van der Waals surface area (Å²) in [7, 11) is 1.41. The predicted octanol–water partition coefficient (Wildman–Crippen LogP) is 3.03. The SMILES string of the molecule is COC(=O)[C@@H]1C[C@H](O)c2cccc3c2[C@@H]1c1ccccc1-3. The number of aliphatic hydroxyl groups is 1. The highest BCUT2D eigenvalue weighted by atomic mass is 16.5. The van der Waals surface area contributed by atoms with Gasteiger partial charge >= 0.3 is 5.97 Å². The van der Waals surface area contributed by atoms with Crippen molar-refractivity contribution < 1.29 is 14.6 Å². The maximum atomic E-state index is 12.2.